The van der Waals surface area contributed by atoms with Gasteiger partial charge in [0.15, 0.2) is 5.65 Å². The SMILES string of the molecule is Cc1ccnn2c(Br)c(C3=CC=C3)nc12. The molecule has 0 saturated carbocycles. The molecule has 0 radical (unpaired) electrons. The van der Waals surface area contributed by atoms with Crippen LogP contribution in [-0.4, -0.2) is 14.6 Å². The first kappa shape index (κ1) is 8.85. The molecule has 3 rings (SSSR count). The topological polar surface area (TPSA) is 30.2 Å². The van der Waals surface area contributed by atoms with Crippen molar-refractivity contribution < 1.29 is 0 Å². The average molecular weight is 262 g/mol. The molecule has 1 aliphatic rings. The van der Waals surface area contributed by atoms with Gasteiger partial charge < -0.3 is 0 Å². The van der Waals surface area contributed by atoms with E-state index in [4.69, 9.17) is 0 Å². The van der Waals surface area contributed by atoms with Crippen molar-refractivity contribution in [3.05, 3.63) is 46.4 Å². The van der Waals surface area contributed by atoms with Crippen molar-refractivity contribution >= 4 is 27.2 Å². The van der Waals surface area contributed by atoms with Crippen LogP contribution in [0.4, 0.5) is 0 Å². The summed E-state index contributed by atoms with van der Waals surface area (Å²) in [7, 11) is 0. The molecule has 2 aromatic rings. The van der Waals surface area contributed by atoms with Crippen LogP contribution in [0.3, 0.4) is 0 Å². The maximum Gasteiger partial charge on any atom is 0.158 e. The number of hydrogen-bond donors (Lipinski definition) is 0. The molecule has 0 saturated heterocycles. The second kappa shape index (κ2) is 3.03. The van der Waals surface area contributed by atoms with Gasteiger partial charge in [0.2, 0.25) is 0 Å². The molecular formula is C11H8BrN3. The van der Waals surface area contributed by atoms with Crippen LogP contribution in [-0.2, 0) is 0 Å². The van der Waals surface area contributed by atoms with Crippen molar-refractivity contribution in [2.75, 3.05) is 0 Å². The zero-order valence-corrected chi connectivity index (χ0v) is 9.69. The summed E-state index contributed by atoms with van der Waals surface area (Å²) in [6.07, 6.45) is 7.87. The van der Waals surface area contributed by atoms with E-state index in [1.165, 1.54) is 0 Å². The van der Waals surface area contributed by atoms with Gasteiger partial charge in [-0.15, -0.1) is 0 Å². The lowest BCUT2D eigenvalue weighted by molar-refractivity contribution is 0.907. The first-order valence-electron chi connectivity index (χ1n) is 4.66. The third-order valence-electron chi connectivity index (χ3n) is 2.48. The number of allylic oxidation sites excluding steroid dienone is 4. The van der Waals surface area contributed by atoms with Gasteiger partial charge in [-0.05, 0) is 34.5 Å². The fourth-order valence-corrected chi connectivity index (χ4v) is 2.15. The van der Waals surface area contributed by atoms with Crippen molar-refractivity contribution in [1.29, 1.82) is 0 Å². The van der Waals surface area contributed by atoms with Crippen LogP contribution >= 0.6 is 15.9 Å². The molecule has 0 fully saturated rings. The highest BCUT2D eigenvalue weighted by Crippen LogP contribution is 2.29. The zero-order valence-electron chi connectivity index (χ0n) is 8.11. The summed E-state index contributed by atoms with van der Waals surface area (Å²) in [6, 6.07) is 1.96. The minimum atomic E-state index is 0.903. The maximum atomic E-state index is 4.57. The monoisotopic (exact) mass is 261 g/mol. The summed E-state index contributed by atoms with van der Waals surface area (Å²) in [5, 5.41) is 4.26. The van der Waals surface area contributed by atoms with Gasteiger partial charge in [0.1, 0.15) is 10.3 Å². The van der Waals surface area contributed by atoms with Crippen LogP contribution in [0.15, 0.2) is 35.1 Å². The minimum Gasteiger partial charge on any atom is -0.225 e. The van der Waals surface area contributed by atoms with Gasteiger partial charge in [-0.1, -0.05) is 18.2 Å². The molecule has 1 aliphatic carbocycles. The molecule has 0 atom stereocenters. The Bertz CT molecular complexity index is 608. The van der Waals surface area contributed by atoms with Gasteiger partial charge in [0, 0.05) is 11.8 Å². The second-order valence-electron chi connectivity index (χ2n) is 3.48. The Balaban J connectivity index is 2.33. The van der Waals surface area contributed by atoms with E-state index < -0.39 is 0 Å². The maximum absolute atomic E-state index is 4.57. The molecule has 4 heteroatoms. The summed E-state index contributed by atoms with van der Waals surface area (Å²) >= 11 is 3.52. The highest BCUT2D eigenvalue weighted by molar-refractivity contribution is 9.10. The standard InChI is InChI=1S/C11H8BrN3/c1-7-5-6-13-15-10(12)9(14-11(7)15)8-3-2-4-8/h2-6H,1H3. The average Bonchev–Trinajstić information content (AvgIpc) is 2.45. The van der Waals surface area contributed by atoms with E-state index in [1.54, 1.807) is 6.20 Å². The number of rotatable bonds is 1. The lowest BCUT2D eigenvalue weighted by Crippen LogP contribution is -1.92. The number of aryl methyl sites for hydroxylation is 1. The Kier molecular flexibility index (Phi) is 1.79. The molecule has 74 valence electrons. The molecule has 0 aliphatic heterocycles. The van der Waals surface area contributed by atoms with Crippen LogP contribution in [0.25, 0.3) is 11.2 Å². The smallest absolute Gasteiger partial charge is 0.158 e. The van der Waals surface area contributed by atoms with E-state index >= 15 is 0 Å². The summed E-state index contributed by atoms with van der Waals surface area (Å²) in [4.78, 5) is 4.57. The summed E-state index contributed by atoms with van der Waals surface area (Å²) in [5.41, 5.74) is 4.13. The van der Waals surface area contributed by atoms with Crippen LogP contribution in [0.2, 0.25) is 0 Å². The lowest BCUT2D eigenvalue weighted by Gasteiger charge is -2.02. The Labute approximate surface area is 95.3 Å². The predicted octanol–water partition coefficient (Wildman–Crippen LogP) is 2.75. The number of halogens is 1. The first-order valence-corrected chi connectivity index (χ1v) is 5.45. The number of aromatic nitrogens is 3. The predicted molar refractivity (Wildman–Crippen MR) is 62.5 cm³/mol. The molecule has 0 unspecified atom stereocenters. The third-order valence-corrected chi connectivity index (χ3v) is 3.20. The molecule has 0 amide bonds. The van der Waals surface area contributed by atoms with Gasteiger partial charge in [-0.3, -0.25) is 0 Å². The fourth-order valence-electron chi connectivity index (χ4n) is 1.57. The molecule has 15 heavy (non-hydrogen) atoms. The van der Waals surface area contributed by atoms with E-state index in [1.807, 2.05) is 35.7 Å². The summed E-state index contributed by atoms with van der Waals surface area (Å²) < 4.78 is 2.73. The zero-order chi connectivity index (χ0) is 10.4. The van der Waals surface area contributed by atoms with Crippen LogP contribution < -0.4 is 0 Å². The Morgan fingerprint density at radius 3 is 2.80 bits per heavy atom. The molecule has 0 spiro atoms. The lowest BCUT2D eigenvalue weighted by atomic mass is 10.1. The number of hydrogen-bond acceptors (Lipinski definition) is 2. The van der Waals surface area contributed by atoms with Crippen LogP contribution in [0.5, 0.6) is 0 Å². The normalized spacial score (nSPS) is 14.1. The van der Waals surface area contributed by atoms with Crippen molar-refractivity contribution in [2.24, 2.45) is 0 Å². The fraction of sp³-hybridized carbons (Fsp3) is 0.0909. The Morgan fingerprint density at radius 2 is 2.20 bits per heavy atom. The number of imidazole rings is 1. The Hall–Kier alpha value is -1.42. The Morgan fingerprint density at radius 1 is 1.40 bits per heavy atom. The highest BCUT2D eigenvalue weighted by atomic mass is 79.9. The van der Waals surface area contributed by atoms with Gasteiger partial charge >= 0.3 is 0 Å². The van der Waals surface area contributed by atoms with Crippen molar-refractivity contribution in [3.63, 3.8) is 0 Å². The van der Waals surface area contributed by atoms with E-state index in [0.29, 0.717) is 0 Å². The number of fused-ring (bicyclic) bond motifs is 1. The van der Waals surface area contributed by atoms with Crippen LogP contribution in [0.1, 0.15) is 11.3 Å². The number of nitrogens with zero attached hydrogens (tertiary/aromatic N) is 3. The minimum absolute atomic E-state index is 0.903. The quantitative estimate of drug-likeness (QED) is 0.791. The molecule has 2 aromatic heterocycles. The van der Waals surface area contributed by atoms with Gasteiger partial charge in [0.05, 0.1) is 0 Å². The molecule has 0 bridgehead atoms. The van der Waals surface area contributed by atoms with E-state index in [0.717, 1.165) is 27.1 Å². The molecule has 0 aromatic carbocycles. The van der Waals surface area contributed by atoms with E-state index in [2.05, 4.69) is 26.0 Å². The van der Waals surface area contributed by atoms with Gasteiger partial charge in [-0.2, -0.15) is 5.10 Å². The van der Waals surface area contributed by atoms with Gasteiger partial charge in [-0.25, -0.2) is 9.50 Å². The second-order valence-corrected chi connectivity index (χ2v) is 4.23. The molecular weight excluding hydrogens is 254 g/mol. The van der Waals surface area contributed by atoms with Crippen molar-refractivity contribution in [3.8, 4) is 0 Å². The summed E-state index contributed by atoms with van der Waals surface area (Å²) in [5.74, 6) is 0. The molecule has 3 nitrogen and oxygen atoms in total. The van der Waals surface area contributed by atoms with Crippen molar-refractivity contribution in [2.45, 2.75) is 6.92 Å². The summed E-state index contributed by atoms with van der Waals surface area (Å²) in [6.45, 7) is 2.03. The third kappa shape index (κ3) is 1.18. The molecule has 0 N–H and O–H groups in total. The van der Waals surface area contributed by atoms with E-state index in [-0.39, 0.29) is 0 Å². The largest absolute Gasteiger partial charge is 0.225 e. The van der Waals surface area contributed by atoms with Crippen molar-refractivity contribution in [1.82, 2.24) is 14.6 Å². The highest BCUT2D eigenvalue weighted by Gasteiger charge is 2.15. The first-order chi connectivity index (χ1) is 7.27. The van der Waals surface area contributed by atoms with E-state index in [9.17, 15) is 0 Å². The van der Waals surface area contributed by atoms with Gasteiger partial charge in [0.25, 0.3) is 0 Å². The van der Waals surface area contributed by atoms with Crippen LogP contribution in [0, 0.1) is 6.92 Å². The molecule has 2 heterocycles.